The molecular formula is C32H24Cl2F4N4O4. The van der Waals surface area contributed by atoms with Gasteiger partial charge in [-0.3, -0.25) is 19.4 Å². The molecule has 2 atom stereocenters. The van der Waals surface area contributed by atoms with Gasteiger partial charge < -0.3 is 9.74 Å². The maximum Gasteiger partial charge on any atom is 0.435 e. The van der Waals surface area contributed by atoms with Crippen molar-refractivity contribution in [3.63, 3.8) is 0 Å². The van der Waals surface area contributed by atoms with Crippen molar-refractivity contribution >= 4 is 51.5 Å². The van der Waals surface area contributed by atoms with E-state index in [1.807, 2.05) is 0 Å². The molecule has 1 saturated heterocycles. The van der Waals surface area contributed by atoms with E-state index in [2.05, 4.69) is 10.1 Å². The van der Waals surface area contributed by atoms with Crippen LogP contribution in [0.5, 0.6) is 0 Å². The molecule has 2 amide bonds. The number of halogens is 6. The molecule has 0 bridgehead atoms. The lowest BCUT2D eigenvalue weighted by atomic mass is 9.85. The largest absolute Gasteiger partial charge is 0.435 e. The zero-order valence-electron chi connectivity index (χ0n) is 24.0. The summed E-state index contributed by atoms with van der Waals surface area (Å²) in [6.45, 7) is 2.00. The highest BCUT2D eigenvalue weighted by Gasteiger charge is 2.62. The van der Waals surface area contributed by atoms with Crippen molar-refractivity contribution < 1.29 is 36.8 Å². The van der Waals surface area contributed by atoms with Crippen molar-refractivity contribution in [3.05, 3.63) is 111 Å². The molecule has 1 unspecified atom stereocenters. The number of hydroxylamine groups is 2. The summed E-state index contributed by atoms with van der Waals surface area (Å²) in [4.78, 5) is 43.7. The third-order valence-electron chi connectivity index (χ3n) is 8.00. The van der Waals surface area contributed by atoms with Gasteiger partial charge in [0.25, 0.3) is 17.4 Å². The van der Waals surface area contributed by atoms with Crippen molar-refractivity contribution in [2.45, 2.75) is 37.7 Å². The number of carbonyl (C=O) groups is 2. The molecule has 0 spiro atoms. The molecular weight excluding hydrogens is 651 g/mol. The predicted molar refractivity (Wildman–Crippen MR) is 162 cm³/mol. The lowest BCUT2D eigenvalue weighted by Crippen LogP contribution is -2.46. The van der Waals surface area contributed by atoms with Gasteiger partial charge in [0.1, 0.15) is 12.6 Å². The minimum atomic E-state index is -5.00. The van der Waals surface area contributed by atoms with Crippen molar-refractivity contribution in [1.82, 2.24) is 14.9 Å². The Balaban J connectivity index is 1.40. The van der Waals surface area contributed by atoms with E-state index in [1.165, 1.54) is 22.1 Å². The van der Waals surface area contributed by atoms with Gasteiger partial charge in [-0.2, -0.15) is 13.2 Å². The van der Waals surface area contributed by atoms with Crippen molar-refractivity contribution in [1.29, 1.82) is 0 Å². The van der Waals surface area contributed by atoms with Gasteiger partial charge in [-0.05, 0) is 48.0 Å². The highest BCUT2D eigenvalue weighted by atomic mass is 35.5. The number of aromatic nitrogens is 1. The SMILES string of the molecule is CCN1OC[C@@H](N(Cc2ccccn2)C(=O)c2ccc(C3=NOC(c4cc(Cl)c(F)c(Cl)c4)(C(F)(F)F)C3)c3ccccc23)C1=O. The number of nitrogens with zero attached hydrogens (tertiary/aromatic N) is 4. The van der Waals surface area contributed by atoms with E-state index >= 15 is 0 Å². The van der Waals surface area contributed by atoms with Crippen molar-refractivity contribution in [2.24, 2.45) is 5.16 Å². The summed E-state index contributed by atoms with van der Waals surface area (Å²) in [6, 6.07) is 15.6. The van der Waals surface area contributed by atoms with E-state index in [4.69, 9.17) is 32.9 Å². The summed E-state index contributed by atoms with van der Waals surface area (Å²) in [5.74, 6) is -1.94. The number of oxime groups is 1. The minimum Gasteiger partial charge on any atom is -0.374 e. The molecule has 46 heavy (non-hydrogen) atoms. The summed E-state index contributed by atoms with van der Waals surface area (Å²) in [5, 5.41) is 4.67. The van der Waals surface area contributed by atoms with Crippen LogP contribution in [0, 0.1) is 5.82 Å². The summed E-state index contributed by atoms with van der Waals surface area (Å²) in [5.41, 5.74) is -2.54. The number of likely N-dealkylation sites (N-methyl/N-ethyl adjacent to an activating group) is 1. The molecule has 8 nitrogen and oxygen atoms in total. The van der Waals surface area contributed by atoms with E-state index in [1.54, 1.807) is 55.6 Å². The highest BCUT2D eigenvalue weighted by molar-refractivity contribution is 6.35. The monoisotopic (exact) mass is 674 g/mol. The number of fused-ring (bicyclic) bond motifs is 1. The fraction of sp³-hybridized carbons (Fsp3) is 0.250. The molecule has 2 aliphatic rings. The number of alkyl halides is 3. The van der Waals surface area contributed by atoms with Gasteiger partial charge in [0.2, 0.25) is 0 Å². The first-order chi connectivity index (χ1) is 21.9. The van der Waals surface area contributed by atoms with Crippen LogP contribution < -0.4 is 0 Å². The van der Waals surface area contributed by atoms with Crippen LogP contribution in [0.15, 0.2) is 78.1 Å². The van der Waals surface area contributed by atoms with Gasteiger partial charge in [0.15, 0.2) is 5.82 Å². The van der Waals surface area contributed by atoms with Crippen LogP contribution in [0.3, 0.4) is 0 Å². The maximum absolute atomic E-state index is 14.7. The fourth-order valence-corrected chi connectivity index (χ4v) is 6.14. The van der Waals surface area contributed by atoms with E-state index < -0.39 is 51.6 Å². The van der Waals surface area contributed by atoms with Crippen LogP contribution in [-0.4, -0.2) is 57.8 Å². The lowest BCUT2D eigenvalue weighted by molar-refractivity contribution is -0.275. The van der Waals surface area contributed by atoms with Gasteiger partial charge in [-0.25, -0.2) is 9.45 Å². The van der Waals surface area contributed by atoms with Gasteiger partial charge in [-0.15, -0.1) is 0 Å². The second kappa shape index (κ2) is 12.2. The van der Waals surface area contributed by atoms with Gasteiger partial charge in [0.05, 0.1) is 28.0 Å². The molecule has 6 rings (SSSR count). The summed E-state index contributed by atoms with van der Waals surface area (Å²) in [7, 11) is 0. The van der Waals surface area contributed by atoms with E-state index in [0.717, 1.165) is 12.1 Å². The molecule has 2 aliphatic heterocycles. The molecule has 3 aromatic carbocycles. The molecule has 14 heteroatoms. The number of amides is 2. The van der Waals surface area contributed by atoms with E-state index in [9.17, 15) is 27.2 Å². The van der Waals surface area contributed by atoms with Gasteiger partial charge >= 0.3 is 6.18 Å². The summed E-state index contributed by atoms with van der Waals surface area (Å²) in [6.07, 6.45) is -4.20. The Labute approximate surface area is 270 Å². The lowest BCUT2D eigenvalue weighted by Gasteiger charge is -2.30. The molecule has 0 aliphatic carbocycles. The summed E-state index contributed by atoms with van der Waals surface area (Å²) < 4.78 is 58.1. The van der Waals surface area contributed by atoms with Crippen molar-refractivity contribution in [2.75, 3.05) is 13.2 Å². The normalized spacial score (nSPS) is 19.8. The molecule has 0 radical (unpaired) electrons. The standard InChI is InChI=1S/C32H24Cl2F4N4O4/c1-2-42-30(44)27(17-45-42)41(16-19-7-5-6-12-39-19)29(43)23-11-10-22(20-8-3-4-9-21(20)23)26-15-31(46-40-26,32(36,37)38)18-13-24(33)28(35)25(34)14-18/h3-14,27H,2,15-17H2,1H3/t27-,31?/m1/s1. The Morgan fingerprint density at radius 2 is 1.76 bits per heavy atom. The average molecular weight is 675 g/mol. The topological polar surface area (TPSA) is 84.3 Å². The number of benzene rings is 3. The predicted octanol–water partition coefficient (Wildman–Crippen LogP) is 7.07. The number of carbonyl (C=O) groups excluding carboxylic acids is 2. The number of hydrogen-bond donors (Lipinski definition) is 0. The van der Waals surface area contributed by atoms with Crippen molar-refractivity contribution in [3.8, 4) is 0 Å². The van der Waals surface area contributed by atoms with Crippen LogP contribution in [0.4, 0.5) is 17.6 Å². The second-order valence-electron chi connectivity index (χ2n) is 10.7. The quantitative estimate of drug-likeness (QED) is 0.155. The molecule has 0 N–H and O–H groups in total. The maximum atomic E-state index is 14.7. The van der Waals surface area contributed by atoms with Crippen LogP contribution >= 0.6 is 23.2 Å². The second-order valence-corrected chi connectivity index (χ2v) is 11.5. The molecule has 1 aromatic heterocycles. The van der Waals surface area contributed by atoms with Gasteiger partial charge in [-0.1, -0.05) is 64.8 Å². The zero-order valence-corrected chi connectivity index (χ0v) is 25.5. The summed E-state index contributed by atoms with van der Waals surface area (Å²) >= 11 is 11.7. The molecule has 3 heterocycles. The Kier molecular flexibility index (Phi) is 8.38. The average Bonchev–Trinajstić information content (AvgIpc) is 3.66. The third kappa shape index (κ3) is 5.44. The first-order valence-corrected chi connectivity index (χ1v) is 14.8. The van der Waals surface area contributed by atoms with E-state index in [-0.39, 0.29) is 35.9 Å². The Hall–Kier alpha value is -4.26. The van der Waals surface area contributed by atoms with Crippen LogP contribution in [0.25, 0.3) is 10.8 Å². The fourth-order valence-electron chi connectivity index (χ4n) is 5.65. The first-order valence-electron chi connectivity index (χ1n) is 14.1. The molecule has 4 aromatic rings. The van der Waals surface area contributed by atoms with Crippen LogP contribution in [0.2, 0.25) is 10.0 Å². The first kappa shape index (κ1) is 31.7. The number of hydrogen-bond acceptors (Lipinski definition) is 6. The number of rotatable bonds is 7. The number of pyridine rings is 1. The van der Waals surface area contributed by atoms with Crippen LogP contribution in [-0.2, 0) is 26.6 Å². The molecule has 1 fully saturated rings. The van der Waals surface area contributed by atoms with Gasteiger partial charge in [0, 0.05) is 35.9 Å². The molecule has 0 saturated carbocycles. The van der Waals surface area contributed by atoms with Crippen LogP contribution in [0.1, 0.15) is 40.5 Å². The van der Waals surface area contributed by atoms with E-state index in [0.29, 0.717) is 23.0 Å². The smallest absolute Gasteiger partial charge is 0.374 e. The Bertz CT molecular complexity index is 1850. The highest BCUT2D eigenvalue weighted by Crippen LogP contribution is 2.50. The third-order valence-corrected chi connectivity index (χ3v) is 8.55. The Morgan fingerprint density at radius 1 is 1.07 bits per heavy atom. The Morgan fingerprint density at radius 3 is 2.39 bits per heavy atom. The zero-order chi connectivity index (χ0) is 32.8. The minimum absolute atomic E-state index is 0.00448. The molecule has 238 valence electrons.